The van der Waals surface area contributed by atoms with Crippen LogP contribution in [0.15, 0.2) is 5.38 Å². The van der Waals surface area contributed by atoms with Crippen LogP contribution in [-0.4, -0.2) is 81.2 Å². The van der Waals surface area contributed by atoms with E-state index < -0.39 is 0 Å². The van der Waals surface area contributed by atoms with E-state index in [0.717, 1.165) is 50.1 Å². The number of esters is 1. The Morgan fingerprint density at radius 2 is 2.10 bits per heavy atom. The van der Waals surface area contributed by atoms with E-state index in [1.54, 1.807) is 11.3 Å². The number of carbonyl (C=O) groups excluding carboxylic acids is 1. The number of nitrogens with zero attached hydrogens (tertiary/aromatic N) is 4. The van der Waals surface area contributed by atoms with Crippen LogP contribution in [0.5, 0.6) is 0 Å². The van der Waals surface area contributed by atoms with Crippen LogP contribution >= 0.6 is 11.3 Å². The van der Waals surface area contributed by atoms with E-state index in [-0.39, 0.29) is 12.4 Å². The van der Waals surface area contributed by atoms with E-state index in [1.807, 2.05) is 5.38 Å². The van der Waals surface area contributed by atoms with Crippen LogP contribution < -0.4 is 4.90 Å². The fourth-order valence-electron chi connectivity index (χ4n) is 2.25. The van der Waals surface area contributed by atoms with Gasteiger partial charge in [0.05, 0.1) is 19.2 Å². The van der Waals surface area contributed by atoms with Crippen molar-refractivity contribution in [2.45, 2.75) is 6.42 Å². The van der Waals surface area contributed by atoms with Crippen molar-refractivity contribution in [3.63, 3.8) is 0 Å². The molecule has 1 fully saturated rings. The number of likely N-dealkylation sites (N-methyl/N-ethyl adjacent to an activating group) is 1. The van der Waals surface area contributed by atoms with Gasteiger partial charge >= 0.3 is 5.97 Å². The maximum atomic E-state index is 11.3. The number of ether oxygens (including phenoxy) is 1. The van der Waals surface area contributed by atoms with E-state index in [9.17, 15) is 4.79 Å². The quantitative estimate of drug-likeness (QED) is 0.715. The molecule has 0 aliphatic carbocycles. The predicted octanol–water partition coefficient (Wildman–Crippen LogP) is 0.542. The zero-order chi connectivity index (χ0) is 15.2. The molecule has 0 radical (unpaired) electrons. The second-order valence-corrected chi connectivity index (χ2v) is 6.34. The minimum Gasteiger partial charge on any atom is -0.469 e. The van der Waals surface area contributed by atoms with Crippen molar-refractivity contribution in [1.29, 1.82) is 0 Å². The topological polar surface area (TPSA) is 48.9 Å². The molecular weight excluding hydrogens is 288 g/mol. The van der Waals surface area contributed by atoms with Gasteiger partial charge in [0, 0.05) is 44.6 Å². The molecule has 0 bridgehead atoms. The van der Waals surface area contributed by atoms with Crippen LogP contribution in [0.2, 0.25) is 0 Å². The van der Waals surface area contributed by atoms with Gasteiger partial charge in [-0.2, -0.15) is 0 Å². The lowest BCUT2D eigenvalue weighted by Gasteiger charge is -2.35. The number of methoxy groups -OCH3 is 1. The lowest BCUT2D eigenvalue weighted by atomic mass is 10.3. The maximum absolute atomic E-state index is 11.3. The third-order valence-corrected chi connectivity index (χ3v) is 4.55. The smallest absolute Gasteiger partial charge is 0.311 e. The third kappa shape index (κ3) is 4.94. The molecule has 1 aromatic rings. The standard InChI is InChI=1S/C14H24N4O2S/c1-16(2)4-5-17-6-8-18(9-7-17)14-15-12(11-21-14)10-13(19)20-3/h11H,4-10H2,1-3H3. The van der Waals surface area contributed by atoms with E-state index in [2.05, 4.69) is 38.5 Å². The highest BCUT2D eigenvalue weighted by Crippen LogP contribution is 2.22. The number of carbonyl (C=O) groups is 1. The van der Waals surface area contributed by atoms with Crippen LogP contribution in [0.25, 0.3) is 0 Å². The minimum absolute atomic E-state index is 0.236. The van der Waals surface area contributed by atoms with Crippen molar-refractivity contribution in [2.75, 3.05) is 65.4 Å². The molecule has 0 saturated carbocycles. The molecule has 0 atom stereocenters. The lowest BCUT2D eigenvalue weighted by Crippen LogP contribution is -2.48. The number of anilines is 1. The summed E-state index contributed by atoms with van der Waals surface area (Å²) in [7, 11) is 5.62. The van der Waals surface area contributed by atoms with Crippen molar-refractivity contribution in [1.82, 2.24) is 14.8 Å². The molecule has 6 nitrogen and oxygen atoms in total. The number of hydrogen-bond donors (Lipinski definition) is 0. The molecule has 0 aromatic carbocycles. The largest absolute Gasteiger partial charge is 0.469 e. The maximum Gasteiger partial charge on any atom is 0.311 e. The minimum atomic E-state index is -0.236. The van der Waals surface area contributed by atoms with Crippen molar-refractivity contribution < 1.29 is 9.53 Å². The highest BCUT2D eigenvalue weighted by molar-refractivity contribution is 7.13. The Hall–Kier alpha value is -1.18. The fourth-order valence-corrected chi connectivity index (χ4v) is 3.13. The molecule has 2 rings (SSSR count). The van der Waals surface area contributed by atoms with Crippen molar-refractivity contribution >= 4 is 22.4 Å². The normalized spacial score (nSPS) is 16.5. The van der Waals surface area contributed by atoms with Gasteiger partial charge in [0.1, 0.15) is 0 Å². The molecule has 0 unspecified atom stereocenters. The molecule has 21 heavy (non-hydrogen) atoms. The molecular formula is C14H24N4O2S. The van der Waals surface area contributed by atoms with E-state index in [1.165, 1.54) is 7.11 Å². The number of aromatic nitrogens is 1. The van der Waals surface area contributed by atoms with E-state index >= 15 is 0 Å². The summed E-state index contributed by atoms with van der Waals surface area (Å²) in [5.41, 5.74) is 0.803. The third-order valence-electron chi connectivity index (χ3n) is 3.60. The SMILES string of the molecule is COC(=O)Cc1csc(N2CCN(CCN(C)C)CC2)n1. The molecule has 0 spiro atoms. The van der Waals surface area contributed by atoms with Gasteiger partial charge in [0.2, 0.25) is 0 Å². The van der Waals surface area contributed by atoms with Crippen LogP contribution in [0.4, 0.5) is 5.13 Å². The molecule has 1 aromatic heterocycles. The van der Waals surface area contributed by atoms with Crippen LogP contribution in [0, 0.1) is 0 Å². The zero-order valence-electron chi connectivity index (χ0n) is 13.0. The summed E-state index contributed by atoms with van der Waals surface area (Å²) in [6.07, 6.45) is 0.260. The molecule has 118 valence electrons. The Morgan fingerprint density at radius 3 is 2.71 bits per heavy atom. The first-order valence-corrected chi connectivity index (χ1v) is 8.09. The van der Waals surface area contributed by atoms with Gasteiger partial charge in [-0.05, 0) is 14.1 Å². The number of thiazole rings is 1. The Bertz CT molecular complexity index is 456. The molecule has 2 heterocycles. The number of hydrogen-bond acceptors (Lipinski definition) is 7. The summed E-state index contributed by atoms with van der Waals surface area (Å²) in [5.74, 6) is -0.236. The summed E-state index contributed by atoms with van der Waals surface area (Å²) in [6.45, 7) is 6.35. The Labute approximate surface area is 130 Å². The van der Waals surface area contributed by atoms with Gasteiger partial charge in [-0.15, -0.1) is 11.3 Å². The van der Waals surface area contributed by atoms with Gasteiger partial charge in [0.15, 0.2) is 5.13 Å². The summed E-state index contributed by atoms with van der Waals surface area (Å²) in [6, 6.07) is 0. The van der Waals surface area contributed by atoms with Gasteiger partial charge in [-0.25, -0.2) is 4.98 Å². The van der Waals surface area contributed by atoms with Crippen molar-refractivity contribution in [2.24, 2.45) is 0 Å². The Morgan fingerprint density at radius 1 is 1.38 bits per heavy atom. The summed E-state index contributed by atoms with van der Waals surface area (Å²) >= 11 is 1.61. The number of rotatable bonds is 6. The fraction of sp³-hybridized carbons (Fsp3) is 0.714. The molecule has 1 saturated heterocycles. The molecule has 1 aliphatic rings. The first kappa shape index (κ1) is 16.2. The van der Waals surface area contributed by atoms with Crippen molar-refractivity contribution in [3.8, 4) is 0 Å². The van der Waals surface area contributed by atoms with E-state index in [4.69, 9.17) is 0 Å². The number of piperazine rings is 1. The molecule has 0 N–H and O–H groups in total. The average molecular weight is 312 g/mol. The second kappa shape index (κ2) is 7.72. The van der Waals surface area contributed by atoms with Crippen LogP contribution in [-0.2, 0) is 16.0 Å². The van der Waals surface area contributed by atoms with Gasteiger partial charge in [0.25, 0.3) is 0 Å². The van der Waals surface area contributed by atoms with Gasteiger partial charge in [-0.1, -0.05) is 0 Å². The first-order valence-electron chi connectivity index (χ1n) is 7.21. The molecule has 0 amide bonds. The summed E-state index contributed by atoms with van der Waals surface area (Å²) in [5, 5.41) is 2.96. The zero-order valence-corrected chi connectivity index (χ0v) is 13.9. The summed E-state index contributed by atoms with van der Waals surface area (Å²) in [4.78, 5) is 22.8. The second-order valence-electron chi connectivity index (χ2n) is 5.51. The predicted molar refractivity (Wildman–Crippen MR) is 85.0 cm³/mol. The first-order chi connectivity index (χ1) is 10.1. The van der Waals surface area contributed by atoms with Gasteiger partial charge in [-0.3, -0.25) is 9.69 Å². The van der Waals surface area contributed by atoms with Crippen LogP contribution in [0.1, 0.15) is 5.69 Å². The monoisotopic (exact) mass is 312 g/mol. The Balaban J connectivity index is 1.81. The lowest BCUT2D eigenvalue weighted by molar-refractivity contribution is -0.139. The average Bonchev–Trinajstić information content (AvgIpc) is 2.94. The molecule has 1 aliphatic heterocycles. The van der Waals surface area contributed by atoms with Gasteiger partial charge < -0.3 is 14.5 Å². The highest BCUT2D eigenvalue weighted by atomic mass is 32.1. The van der Waals surface area contributed by atoms with E-state index in [0.29, 0.717) is 0 Å². The molecule has 7 heteroatoms. The Kier molecular flexibility index (Phi) is 5.96. The van der Waals surface area contributed by atoms with Crippen molar-refractivity contribution in [3.05, 3.63) is 11.1 Å². The summed E-state index contributed by atoms with van der Waals surface area (Å²) < 4.78 is 4.67. The highest BCUT2D eigenvalue weighted by Gasteiger charge is 2.19. The van der Waals surface area contributed by atoms with Crippen LogP contribution in [0.3, 0.4) is 0 Å².